The number of carbonyl (C=O) groups is 1. The minimum Gasteiger partial charge on any atom is -0.469 e. The van der Waals surface area contributed by atoms with E-state index < -0.39 is 0 Å². The first-order chi connectivity index (χ1) is 12.7. The Hall–Kier alpha value is -3.33. The van der Waals surface area contributed by atoms with Crippen LogP contribution in [0.5, 0.6) is 0 Å². The Bertz CT molecular complexity index is 1050. The lowest BCUT2D eigenvalue weighted by Gasteiger charge is -2.06. The van der Waals surface area contributed by atoms with Crippen molar-refractivity contribution in [2.24, 2.45) is 0 Å². The number of fused-ring (bicyclic) bond motifs is 1. The summed E-state index contributed by atoms with van der Waals surface area (Å²) in [5.74, 6) is -0.233. The van der Waals surface area contributed by atoms with Crippen LogP contribution in [-0.4, -0.2) is 18.1 Å². The van der Waals surface area contributed by atoms with Crippen LogP contribution >= 0.6 is 0 Å². The maximum Gasteiger partial charge on any atom is 0.310 e. The number of ether oxygens (including phenoxy) is 1. The Kier molecular flexibility index (Phi) is 4.28. The van der Waals surface area contributed by atoms with Gasteiger partial charge in [0.1, 0.15) is 0 Å². The van der Waals surface area contributed by atoms with Crippen LogP contribution in [0.1, 0.15) is 5.56 Å². The number of hydrogen-bond donors (Lipinski definition) is 1. The molecule has 1 heterocycles. The number of benzene rings is 3. The van der Waals surface area contributed by atoms with E-state index in [0.29, 0.717) is 0 Å². The highest BCUT2D eigenvalue weighted by Crippen LogP contribution is 2.28. The topological polar surface area (TPSA) is 42.1 Å². The van der Waals surface area contributed by atoms with Gasteiger partial charge in [0, 0.05) is 17.1 Å². The first kappa shape index (κ1) is 16.2. The summed E-state index contributed by atoms with van der Waals surface area (Å²) >= 11 is 0. The normalized spacial score (nSPS) is 10.8. The molecule has 1 aromatic heterocycles. The monoisotopic (exact) mass is 341 g/mol. The van der Waals surface area contributed by atoms with Crippen molar-refractivity contribution in [2.75, 3.05) is 7.11 Å². The number of aromatic nitrogens is 1. The van der Waals surface area contributed by atoms with Gasteiger partial charge in [-0.1, -0.05) is 60.7 Å². The molecule has 128 valence electrons. The SMILES string of the molecule is COC(=O)Cc1c[nH]c2ccc(-c3ccc(-c4ccccc4)cc3)cc12. The Balaban J connectivity index is 1.68. The van der Waals surface area contributed by atoms with Gasteiger partial charge in [0.05, 0.1) is 13.5 Å². The number of H-pyrrole nitrogens is 1. The van der Waals surface area contributed by atoms with Gasteiger partial charge in [-0.15, -0.1) is 0 Å². The third-order valence-corrected chi connectivity index (χ3v) is 4.66. The average Bonchev–Trinajstić information content (AvgIpc) is 3.10. The van der Waals surface area contributed by atoms with Crippen molar-refractivity contribution in [1.82, 2.24) is 4.98 Å². The molecule has 26 heavy (non-hydrogen) atoms. The summed E-state index contributed by atoms with van der Waals surface area (Å²) in [5, 5.41) is 1.06. The minimum absolute atomic E-state index is 0.233. The van der Waals surface area contributed by atoms with E-state index in [1.165, 1.54) is 18.2 Å². The molecule has 0 aliphatic carbocycles. The summed E-state index contributed by atoms with van der Waals surface area (Å²) in [6.07, 6.45) is 2.15. The molecule has 0 unspecified atom stereocenters. The van der Waals surface area contributed by atoms with E-state index in [1.807, 2.05) is 24.4 Å². The molecule has 0 saturated carbocycles. The first-order valence-corrected chi connectivity index (χ1v) is 8.57. The second kappa shape index (κ2) is 6.89. The molecule has 4 aromatic rings. The van der Waals surface area contributed by atoms with Crippen molar-refractivity contribution < 1.29 is 9.53 Å². The van der Waals surface area contributed by atoms with E-state index in [9.17, 15) is 4.79 Å². The largest absolute Gasteiger partial charge is 0.469 e. The van der Waals surface area contributed by atoms with Gasteiger partial charge in [0.15, 0.2) is 0 Å². The maximum atomic E-state index is 11.6. The molecule has 1 N–H and O–H groups in total. The molecule has 0 aliphatic rings. The first-order valence-electron chi connectivity index (χ1n) is 8.57. The second-order valence-electron chi connectivity index (χ2n) is 6.27. The summed E-state index contributed by atoms with van der Waals surface area (Å²) < 4.78 is 4.79. The van der Waals surface area contributed by atoms with E-state index in [1.54, 1.807) is 0 Å². The number of methoxy groups -OCH3 is 1. The number of carbonyl (C=O) groups excluding carboxylic acids is 1. The molecule has 0 atom stereocenters. The van der Waals surface area contributed by atoms with Crippen LogP contribution in [-0.2, 0) is 16.0 Å². The average molecular weight is 341 g/mol. The van der Waals surface area contributed by atoms with Gasteiger partial charge in [-0.3, -0.25) is 4.79 Å². The molecule has 0 spiro atoms. The second-order valence-corrected chi connectivity index (χ2v) is 6.27. The van der Waals surface area contributed by atoms with Gasteiger partial charge in [0.2, 0.25) is 0 Å². The fourth-order valence-corrected chi connectivity index (χ4v) is 3.22. The summed E-state index contributed by atoms with van der Waals surface area (Å²) in [6, 6.07) is 25.2. The quantitative estimate of drug-likeness (QED) is 0.517. The smallest absolute Gasteiger partial charge is 0.310 e. The van der Waals surface area contributed by atoms with Crippen LogP contribution in [0.4, 0.5) is 0 Å². The Labute approximate surface area is 152 Å². The molecule has 3 nitrogen and oxygen atoms in total. The van der Waals surface area contributed by atoms with E-state index in [-0.39, 0.29) is 12.4 Å². The molecule has 0 fully saturated rings. The van der Waals surface area contributed by atoms with Crippen molar-refractivity contribution in [3.63, 3.8) is 0 Å². The van der Waals surface area contributed by atoms with Gasteiger partial charge >= 0.3 is 5.97 Å². The number of aromatic amines is 1. The zero-order valence-electron chi connectivity index (χ0n) is 14.5. The Morgan fingerprint density at radius 1 is 0.846 bits per heavy atom. The van der Waals surface area contributed by atoms with Crippen molar-refractivity contribution in [3.8, 4) is 22.3 Å². The zero-order valence-corrected chi connectivity index (χ0v) is 14.5. The Morgan fingerprint density at radius 2 is 1.46 bits per heavy atom. The van der Waals surface area contributed by atoms with Gasteiger partial charge in [0.25, 0.3) is 0 Å². The fraction of sp³-hybridized carbons (Fsp3) is 0.0870. The van der Waals surface area contributed by atoms with E-state index in [4.69, 9.17) is 4.74 Å². The molecule has 4 rings (SSSR count). The predicted octanol–water partition coefficient (Wildman–Crippen LogP) is 5.22. The maximum absolute atomic E-state index is 11.6. The summed E-state index contributed by atoms with van der Waals surface area (Å²) in [4.78, 5) is 14.8. The highest BCUT2D eigenvalue weighted by atomic mass is 16.5. The zero-order chi connectivity index (χ0) is 17.9. The minimum atomic E-state index is -0.233. The number of esters is 1. The lowest BCUT2D eigenvalue weighted by atomic mass is 9.98. The highest BCUT2D eigenvalue weighted by Gasteiger charge is 2.10. The lowest BCUT2D eigenvalue weighted by molar-refractivity contribution is -0.139. The van der Waals surface area contributed by atoms with Crippen molar-refractivity contribution >= 4 is 16.9 Å². The van der Waals surface area contributed by atoms with Crippen molar-refractivity contribution in [1.29, 1.82) is 0 Å². The molecule has 0 aliphatic heterocycles. The molecule has 3 aromatic carbocycles. The van der Waals surface area contributed by atoms with Crippen LogP contribution < -0.4 is 0 Å². The number of rotatable bonds is 4. The Morgan fingerprint density at radius 3 is 2.15 bits per heavy atom. The van der Waals surface area contributed by atoms with E-state index in [2.05, 4.69) is 59.6 Å². The van der Waals surface area contributed by atoms with Crippen LogP contribution in [0.25, 0.3) is 33.2 Å². The van der Waals surface area contributed by atoms with Gasteiger partial charge in [-0.2, -0.15) is 0 Å². The van der Waals surface area contributed by atoms with Crippen LogP contribution in [0.3, 0.4) is 0 Å². The third kappa shape index (κ3) is 3.11. The molecule has 0 saturated heterocycles. The van der Waals surface area contributed by atoms with Gasteiger partial charge in [-0.05, 0) is 39.9 Å². The third-order valence-electron chi connectivity index (χ3n) is 4.66. The lowest BCUT2D eigenvalue weighted by Crippen LogP contribution is -2.03. The van der Waals surface area contributed by atoms with Gasteiger partial charge < -0.3 is 9.72 Å². The van der Waals surface area contributed by atoms with E-state index >= 15 is 0 Å². The van der Waals surface area contributed by atoms with Crippen molar-refractivity contribution in [2.45, 2.75) is 6.42 Å². The molecular weight excluding hydrogens is 322 g/mol. The summed E-state index contributed by atoms with van der Waals surface area (Å²) in [5.41, 5.74) is 6.66. The molecule has 0 radical (unpaired) electrons. The van der Waals surface area contributed by atoms with Gasteiger partial charge in [-0.25, -0.2) is 0 Å². The van der Waals surface area contributed by atoms with Crippen LogP contribution in [0, 0.1) is 0 Å². The number of hydrogen-bond acceptors (Lipinski definition) is 2. The summed E-state index contributed by atoms with van der Waals surface area (Å²) in [6.45, 7) is 0. The van der Waals surface area contributed by atoms with Crippen molar-refractivity contribution in [3.05, 3.63) is 84.6 Å². The standard InChI is InChI=1S/C23H19NO2/c1-26-23(25)14-20-15-24-22-12-11-19(13-21(20)22)18-9-7-17(8-10-18)16-5-3-2-4-6-16/h2-13,15,24H,14H2,1H3. The summed E-state index contributed by atoms with van der Waals surface area (Å²) in [7, 11) is 1.41. The highest BCUT2D eigenvalue weighted by molar-refractivity contribution is 5.91. The molecule has 0 bridgehead atoms. The molecular formula is C23H19NO2. The van der Waals surface area contributed by atoms with E-state index in [0.717, 1.165) is 27.6 Å². The van der Waals surface area contributed by atoms with Crippen LogP contribution in [0.2, 0.25) is 0 Å². The molecule has 0 amide bonds. The van der Waals surface area contributed by atoms with Crippen LogP contribution in [0.15, 0.2) is 79.0 Å². The number of nitrogens with one attached hydrogen (secondary N) is 1. The predicted molar refractivity (Wildman–Crippen MR) is 105 cm³/mol. The fourth-order valence-electron chi connectivity index (χ4n) is 3.22. The molecule has 3 heteroatoms.